The van der Waals surface area contributed by atoms with Gasteiger partial charge in [0.2, 0.25) is 5.91 Å². The predicted octanol–water partition coefficient (Wildman–Crippen LogP) is 2.38. The zero-order valence-electron chi connectivity index (χ0n) is 12.3. The van der Waals surface area contributed by atoms with Gasteiger partial charge in [0.15, 0.2) is 0 Å². The molecule has 23 heavy (non-hydrogen) atoms. The van der Waals surface area contributed by atoms with Gasteiger partial charge in [0, 0.05) is 17.8 Å². The number of hydrogen-bond donors (Lipinski definition) is 1. The summed E-state index contributed by atoms with van der Waals surface area (Å²) in [5, 5.41) is 9.42. The second kappa shape index (κ2) is 5.12. The average Bonchev–Trinajstić information content (AvgIpc) is 3.16. The SMILES string of the molecule is O=C(O)[C@H]1CN(C(=O)[C@@H]2COc3ccccc32)c2ccccc21. The Morgan fingerprint density at radius 2 is 1.70 bits per heavy atom. The van der Waals surface area contributed by atoms with Crippen molar-refractivity contribution in [2.24, 2.45) is 0 Å². The lowest BCUT2D eigenvalue weighted by molar-refractivity contribution is -0.138. The van der Waals surface area contributed by atoms with E-state index in [2.05, 4.69) is 0 Å². The van der Waals surface area contributed by atoms with Crippen molar-refractivity contribution < 1.29 is 19.4 Å². The number of carboxylic acid groups (broad SMARTS) is 1. The van der Waals surface area contributed by atoms with Crippen LogP contribution in [0.25, 0.3) is 0 Å². The molecule has 0 spiro atoms. The summed E-state index contributed by atoms with van der Waals surface area (Å²) in [7, 11) is 0. The number of carbonyl (C=O) groups excluding carboxylic acids is 1. The van der Waals surface area contributed by atoms with Gasteiger partial charge in [-0.1, -0.05) is 36.4 Å². The zero-order chi connectivity index (χ0) is 16.0. The van der Waals surface area contributed by atoms with E-state index in [0.29, 0.717) is 17.9 Å². The molecule has 5 nitrogen and oxygen atoms in total. The molecule has 1 N–H and O–H groups in total. The molecular formula is C18H15NO4. The van der Waals surface area contributed by atoms with Crippen molar-refractivity contribution in [1.82, 2.24) is 0 Å². The van der Waals surface area contributed by atoms with Gasteiger partial charge in [0.25, 0.3) is 0 Å². The van der Waals surface area contributed by atoms with E-state index in [1.165, 1.54) is 0 Å². The van der Waals surface area contributed by atoms with Crippen LogP contribution in [0.1, 0.15) is 23.0 Å². The van der Waals surface area contributed by atoms with Crippen LogP contribution in [0.4, 0.5) is 5.69 Å². The molecule has 2 aromatic rings. The fourth-order valence-electron chi connectivity index (χ4n) is 3.38. The van der Waals surface area contributed by atoms with E-state index < -0.39 is 11.9 Å². The number of hydrogen-bond acceptors (Lipinski definition) is 3. The average molecular weight is 309 g/mol. The van der Waals surface area contributed by atoms with Gasteiger partial charge in [-0.15, -0.1) is 0 Å². The molecular weight excluding hydrogens is 294 g/mol. The van der Waals surface area contributed by atoms with Crippen molar-refractivity contribution in [3.05, 3.63) is 59.7 Å². The number of aliphatic carboxylic acids is 1. The standard InChI is InChI=1S/C18H15NO4/c20-17(14-10-23-16-8-4-2-6-12(14)16)19-9-13(18(21)22)11-5-1-3-7-15(11)19/h1-8,13-14H,9-10H2,(H,21,22)/t13-,14+/m0/s1. The zero-order valence-corrected chi connectivity index (χ0v) is 12.3. The van der Waals surface area contributed by atoms with Gasteiger partial charge in [0.1, 0.15) is 24.2 Å². The molecule has 0 aliphatic carbocycles. The number of fused-ring (bicyclic) bond motifs is 2. The molecule has 0 saturated heterocycles. The number of carbonyl (C=O) groups is 2. The fourth-order valence-corrected chi connectivity index (χ4v) is 3.38. The second-order valence-electron chi connectivity index (χ2n) is 5.80. The van der Waals surface area contributed by atoms with Gasteiger partial charge < -0.3 is 14.7 Å². The molecule has 0 bridgehead atoms. The molecule has 2 aliphatic heterocycles. The number of rotatable bonds is 2. The number of nitrogens with zero attached hydrogens (tertiary/aromatic N) is 1. The maximum absolute atomic E-state index is 13.0. The Bertz CT molecular complexity index is 801. The molecule has 2 heterocycles. The van der Waals surface area contributed by atoms with Crippen molar-refractivity contribution in [2.45, 2.75) is 11.8 Å². The quantitative estimate of drug-likeness (QED) is 0.925. The number of para-hydroxylation sites is 2. The molecule has 0 aromatic heterocycles. The molecule has 0 fully saturated rings. The Balaban J connectivity index is 1.70. The Kier molecular flexibility index (Phi) is 3.08. The van der Waals surface area contributed by atoms with Crippen LogP contribution in [0.5, 0.6) is 5.75 Å². The van der Waals surface area contributed by atoms with Crippen LogP contribution < -0.4 is 9.64 Å². The Morgan fingerprint density at radius 3 is 2.48 bits per heavy atom. The van der Waals surface area contributed by atoms with E-state index in [4.69, 9.17) is 4.74 Å². The molecule has 2 aromatic carbocycles. The summed E-state index contributed by atoms with van der Waals surface area (Å²) >= 11 is 0. The van der Waals surface area contributed by atoms with Gasteiger partial charge in [0.05, 0.1) is 0 Å². The predicted molar refractivity (Wildman–Crippen MR) is 83.8 cm³/mol. The molecule has 2 aliphatic rings. The molecule has 1 amide bonds. The maximum Gasteiger partial charge on any atom is 0.312 e. The number of anilines is 1. The first-order chi connectivity index (χ1) is 11.2. The summed E-state index contributed by atoms with van der Waals surface area (Å²) in [6.07, 6.45) is 0. The minimum atomic E-state index is -0.907. The lowest BCUT2D eigenvalue weighted by Crippen LogP contribution is -2.35. The van der Waals surface area contributed by atoms with Crippen LogP contribution >= 0.6 is 0 Å². The van der Waals surface area contributed by atoms with Crippen LogP contribution in [-0.4, -0.2) is 30.1 Å². The van der Waals surface area contributed by atoms with Crippen LogP contribution in [0.2, 0.25) is 0 Å². The summed E-state index contributed by atoms with van der Waals surface area (Å²) in [6, 6.07) is 14.7. The van der Waals surface area contributed by atoms with Crippen molar-refractivity contribution >= 4 is 17.6 Å². The fraction of sp³-hybridized carbons (Fsp3) is 0.222. The Hall–Kier alpha value is -2.82. The molecule has 116 valence electrons. The number of amides is 1. The first-order valence-corrected chi connectivity index (χ1v) is 7.51. The third kappa shape index (κ3) is 2.08. The Labute approximate surface area is 133 Å². The first-order valence-electron chi connectivity index (χ1n) is 7.51. The number of carboxylic acids is 1. The summed E-state index contributed by atoms with van der Waals surface area (Å²) in [5.41, 5.74) is 2.25. The minimum Gasteiger partial charge on any atom is -0.492 e. The van der Waals surface area contributed by atoms with Crippen LogP contribution in [0.3, 0.4) is 0 Å². The summed E-state index contributed by atoms with van der Waals surface area (Å²) in [6.45, 7) is 0.473. The van der Waals surface area contributed by atoms with E-state index in [1.54, 1.807) is 23.1 Å². The van der Waals surface area contributed by atoms with Crippen LogP contribution in [-0.2, 0) is 9.59 Å². The molecule has 2 atom stereocenters. The second-order valence-corrected chi connectivity index (χ2v) is 5.80. The normalized spacial score (nSPS) is 21.5. The van der Waals surface area contributed by atoms with Crippen molar-refractivity contribution in [2.75, 3.05) is 18.1 Å². The molecule has 0 radical (unpaired) electrons. The van der Waals surface area contributed by atoms with Crippen molar-refractivity contribution in [3.63, 3.8) is 0 Å². The monoisotopic (exact) mass is 309 g/mol. The lowest BCUT2D eigenvalue weighted by atomic mass is 10.00. The first kappa shape index (κ1) is 13.8. The summed E-state index contributed by atoms with van der Waals surface area (Å²) in [5.74, 6) is -1.34. The molecule has 5 heteroatoms. The minimum absolute atomic E-state index is 0.105. The van der Waals surface area contributed by atoms with Crippen molar-refractivity contribution in [1.29, 1.82) is 0 Å². The number of benzene rings is 2. The highest BCUT2D eigenvalue weighted by atomic mass is 16.5. The third-order valence-electron chi connectivity index (χ3n) is 4.53. The highest BCUT2D eigenvalue weighted by molar-refractivity contribution is 6.03. The van der Waals surface area contributed by atoms with Crippen LogP contribution in [0.15, 0.2) is 48.5 Å². The van der Waals surface area contributed by atoms with E-state index in [-0.39, 0.29) is 18.4 Å². The number of ether oxygens (including phenoxy) is 1. The van der Waals surface area contributed by atoms with Gasteiger partial charge in [-0.25, -0.2) is 0 Å². The van der Waals surface area contributed by atoms with Crippen LogP contribution in [0, 0.1) is 0 Å². The van der Waals surface area contributed by atoms with Gasteiger partial charge in [-0.05, 0) is 17.7 Å². The summed E-state index contributed by atoms with van der Waals surface area (Å²) in [4.78, 5) is 26.1. The van der Waals surface area contributed by atoms with Crippen molar-refractivity contribution in [3.8, 4) is 5.75 Å². The van der Waals surface area contributed by atoms with E-state index in [1.807, 2.05) is 30.3 Å². The topological polar surface area (TPSA) is 66.8 Å². The van der Waals surface area contributed by atoms with E-state index >= 15 is 0 Å². The van der Waals surface area contributed by atoms with Gasteiger partial charge in [-0.2, -0.15) is 0 Å². The smallest absolute Gasteiger partial charge is 0.312 e. The molecule has 4 rings (SSSR count). The Morgan fingerprint density at radius 1 is 1.00 bits per heavy atom. The highest BCUT2D eigenvalue weighted by Gasteiger charge is 2.41. The maximum atomic E-state index is 13.0. The largest absolute Gasteiger partial charge is 0.492 e. The van der Waals surface area contributed by atoms with E-state index in [9.17, 15) is 14.7 Å². The molecule has 0 saturated carbocycles. The highest BCUT2D eigenvalue weighted by Crippen LogP contribution is 2.41. The third-order valence-corrected chi connectivity index (χ3v) is 4.53. The van der Waals surface area contributed by atoms with Gasteiger partial charge >= 0.3 is 5.97 Å². The van der Waals surface area contributed by atoms with E-state index in [0.717, 1.165) is 11.3 Å². The molecule has 0 unspecified atom stereocenters. The summed E-state index contributed by atoms with van der Waals surface area (Å²) < 4.78 is 5.59. The van der Waals surface area contributed by atoms with Gasteiger partial charge in [-0.3, -0.25) is 9.59 Å². The lowest BCUT2D eigenvalue weighted by Gasteiger charge is -2.21.